The van der Waals surface area contributed by atoms with Gasteiger partial charge in [0.05, 0.1) is 11.3 Å². The predicted octanol–water partition coefficient (Wildman–Crippen LogP) is 2.27. The van der Waals surface area contributed by atoms with Crippen molar-refractivity contribution in [2.24, 2.45) is 5.10 Å². The van der Waals surface area contributed by atoms with Gasteiger partial charge in [-0.3, -0.25) is 4.79 Å². The second-order valence-corrected chi connectivity index (χ2v) is 4.81. The smallest absolute Gasteiger partial charge is 0.275 e. The van der Waals surface area contributed by atoms with Crippen LogP contribution in [-0.4, -0.2) is 26.9 Å². The largest absolute Gasteiger partial charge is 0.508 e. The van der Waals surface area contributed by atoms with Crippen LogP contribution in [0.25, 0.3) is 0 Å². The molecule has 22 heavy (non-hydrogen) atoms. The number of nitrogens with zero attached hydrogens (tertiary/aromatic N) is 1. The monoisotopic (exact) mass is 300 g/mol. The van der Waals surface area contributed by atoms with Crippen molar-refractivity contribution < 1.29 is 20.1 Å². The maximum Gasteiger partial charge on any atom is 0.275 e. The maximum atomic E-state index is 12.0. The Morgan fingerprint density at radius 1 is 1.09 bits per heavy atom. The molecule has 0 saturated heterocycles. The Labute approximate surface area is 127 Å². The molecule has 6 heteroatoms. The molecule has 2 rings (SSSR count). The number of carbonyl (C=O) groups excluding carboxylic acids is 1. The summed E-state index contributed by atoms with van der Waals surface area (Å²) < 4.78 is 0. The zero-order valence-corrected chi connectivity index (χ0v) is 12.2. The molecule has 0 bridgehead atoms. The number of nitrogens with one attached hydrogen (secondary N) is 1. The molecule has 0 radical (unpaired) electrons. The van der Waals surface area contributed by atoms with Crippen LogP contribution in [-0.2, 0) is 0 Å². The molecule has 2 aromatic rings. The van der Waals surface area contributed by atoms with Gasteiger partial charge in [0.2, 0.25) is 0 Å². The molecular formula is C16H16N2O4. The van der Waals surface area contributed by atoms with Gasteiger partial charge in [-0.05, 0) is 37.6 Å². The lowest BCUT2D eigenvalue weighted by molar-refractivity contribution is 0.0952. The number of amides is 1. The molecule has 4 N–H and O–H groups in total. The van der Waals surface area contributed by atoms with Gasteiger partial charge in [0.15, 0.2) is 0 Å². The van der Waals surface area contributed by atoms with Crippen LogP contribution in [0.1, 0.15) is 28.4 Å². The predicted molar refractivity (Wildman–Crippen MR) is 82.3 cm³/mol. The summed E-state index contributed by atoms with van der Waals surface area (Å²) in [5, 5.41) is 32.7. The van der Waals surface area contributed by atoms with Crippen molar-refractivity contribution >= 4 is 11.6 Å². The molecule has 2 aromatic carbocycles. The number of hydrogen-bond donors (Lipinski definition) is 4. The molecule has 6 nitrogen and oxygen atoms in total. The minimum absolute atomic E-state index is 0.0669. The van der Waals surface area contributed by atoms with Gasteiger partial charge in [0.25, 0.3) is 5.91 Å². The molecule has 0 aromatic heterocycles. The third-order valence-corrected chi connectivity index (χ3v) is 3.18. The molecule has 0 unspecified atom stereocenters. The summed E-state index contributed by atoms with van der Waals surface area (Å²) >= 11 is 0. The number of hydrazone groups is 1. The number of hydrogen-bond acceptors (Lipinski definition) is 5. The highest BCUT2D eigenvalue weighted by atomic mass is 16.3. The highest BCUT2D eigenvalue weighted by Gasteiger charge is 2.12. The Morgan fingerprint density at radius 2 is 1.82 bits per heavy atom. The number of aryl methyl sites for hydroxylation is 1. The maximum absolute atomic E-state index is 12.0. The van der Waals surface area contributed by atoms with Crippen molar-refractivity contribution in [1.82, 2.24) is 5.43 Å². The number of rotatable bonds is 3. The Balaban J connectivity index is 2.20. The van der Waals surface area contributed by atoms with E-state index in [4.69, 9.17) is 0 Å². The first-order valence-electron chi connectivity index (χ1n) is 6.55. The first-order valence-corrected chi connectivity index (χ1v) is 6.55. The molecule has 0 spiro atoms. The van der Waals surface area contributed by atoms with E-state index in [-0.39, 0.29) is 22.8 Å². The minimum Gasteiger partial charge on any atom is -0.508 e. The van der Waals surface area contributed by atoms with Gasteiger partial charge >= 0.3 is 0 Å². The van der Waals surface area contributed by atoms with E-state index in [1.165, 1.54) is 24.3 Å². The Kier molecular flexibility index (Phi) is 4.31. The average molecular weight is 300 g/mol. The molecule has 0 heterocycles. The van der Waals surface area contributed by atoms with Crippen LogP contribution < -0.4 is 5.43 Å². The van der Waals surface area contributed by atoms with E-state index in [0.29, 0.717) is 16.8 Å². The summed E-state index contributed by atoms with van der Waals surface area (Å²) in [4.78, 5) is 12.0. The summed E-state index contributed by atoms with van der Waals surface area (Å²) in [6.07, 6.45) is 0. The molecule has 0 fully saturated rings. The lowest BCUT2D eigenvalue weighted by atomic mass is 10.1. The SMILES string of the molecule is C/C(=N\NC(=O)c1cccc(C)c1O)c1ccc(O)cc1O. The number of para-hydroxylation sites is 1. The molecule has 0 aliphatic heterocycles. The van der Waals surface area contributed by atoms with Crippen LogP contribution in [0.2, 0.25) is 0 Å². The van der Waals surface area contributed by atoms with E-state index in [0.717, 1.165) is 0 Å². The number of benzene rings is 2. The molecule has 0 aliphatic carbocycles. The van der Waals surface area contributed by atoms with Gasteiger partial charge < -0.3 is 15.3 Å². The molecule has 0 atom stereocenters. The van der Waals surface area contributed by atoms with E-state index in [1.54, 1.807) is 26.0 Å². The molecule has 1 amide bonds. The fraction of sp³-hybridized carbons (Fsp3) is 0.125. The van der Waals surface area contributed by atoms with E-state index in [1.807, 2.05) is 0 Å². The number of carbonyl (C=O) groups is 1. The van der Waals surface area contributed by atoms with E-state index < -0.39 is 5.91 Å². The van der Waals surface area contributed by atoms with Crippen molar-refractivity contribution in [2.45, 2.75) is 13.8 Å². The first-order chi connectivity index (χ1) is 10.4. The number of aromatic hydroxyl groups is 3. The van der Waals surface area contributed by atoms with Crippen LogP contribution >= 0.6 is 0 Å². The summed E-state index contributed by atoms with van der Waals surface area (Å²) in [7, 11) is 0. The van der Waals surface area contributed by atoms with Gasteiger partial charge in [-0.15, -0.1) is 0 Å². The zero-order valence-electron chi connectivity index (χ0n) is 12.2. The lowest BCUT2D eigenvalue weighted by Gasteiger charge is -2.07. The minimum atomic E-state index is -0.557. The normalized spacial score (nSPS) is 11.3. The van der Waals surface area contributed by atoms with Crippen LogP contribution in [0.15, 0.2) is 41.5 Å². The van der Waals surface area contributed by atoms with Crippen molar-refractivity contribution in [2.75, 3.05) is 0 Å². The van der Waals surface area contributed by atoms with Crippen molar-refractivity contribution in [3.8, 4) is 17.2 Å². The number of phenolic OH excluding ortho intramolecular Hbond substituents is 3. The van der Waals surface area contributed by atoms with E-state index >= 15 is 0 Å². The molecule has 0 saturated carbocycles. The quantitative estimate of drug-likeness (QED) is 0.516. The van der Waals surface area contributed by atoms with Gasteiger partial charge in [-0.1, -0.05) is 12.1 Å². The Bertz CT molecular complexity index is 754. The van der Waals surface area contributed by atoms with Crippen molar-refractivity contribution in [3.05, 3.63) is 53.1 Å². The summed E-state index contributed by atoms with van der Waals surface area (Å²) in [5.74, 6) is -0.865. The fourth-order valence-electron chi connectivity index (χ4n) is 1.92. The van der Waals surface area contributed by atoms with E-state index in [9.17, 15) is 20.1 Å². The number of phenols is 3. The average Bonchev–Trinajstić information content (AvgIpc) is 2.47. The fourth-order valence-corrected chi connectivity index (χ4v) is 1.92. The second-order valence-electron chi connectivity index (χ2n) is 4.81. The van der Waals surface area contributed by atoms with Crippen LogP contribution in [0, 0.1) is 6.92 Å². The Morgan fingerprint density at radius 3 is 2.50 bits per heavy atom. The van der Waals surface area contributed by atoms with E-state index in [2.05, 4.69) is 10.5 Å². The van der Waals surface area contributed by atoms with Crippen LogP contribution in [0.4, 0.5) is 0 Å². The van der Waals surface area contributed by atoms with Gasteiger partial charge in [-0.25, -0.2) is 5.43 Å². The van der Waals surface area contributed by atoms with Gasteiger partial charge in [0.1, 0.15) is 17.2 Å². The topological polar surface area (TPSA) is 102 Å². The van der Waals surface area contributed by atoms with Crippen molar-refractivity contribution in [1.29, 1.82) is 0 Å². The standard InChI is InChI=1S/C16H16N2O4/c1-9-4-3-5-13(15(9)21)16(22)18-17-10(2)12-7-6-11(19)8-14(12)20/h3-8,19-21H,1-2H3,(H,18,22)/b17-10+. The molecule has 114 valence electrons. The second kappa shape index (κ2) is 6.17. The van der Waals surface area contributed by atoms with Gasteiger partial charge in [-0.2, -0.15) is 5.10 Å². The summed E-state index contributed by atoms with van der Waals surface area (Å²) in [6.45, 7) is 3.29. The highest BCUT2D eigenvalue weighted by Crippen LogP contribution is 2.23. The van der Waals surface area contributed by atoms with Gasteiger partial charge in [0, 0.05) is 11.6 Å². The zero-order chi connectivity index (χ0) is 16.3. The third kappa shape index (κ3) is 3.17. The van der Waals surface area contributed by atoms with Crippen LogP contribution in [0.5, 0.6) is 17.2 Å². The van der Waals surface area contributed by atoms with Crippen molar-refractivity contribution in [3.63, 3.8) is 0 Å². The Hall–Kier alpha value is -3.02. The first kappa shape index (κ1) is 15.4. The summed E-state index contributed by atoms with van der Waals surface area (Å²) in [6, 6.07) is 8.91. The highest BCUT2D eigenvalue weighted by molar-refractivity contribution is 6.03. The summed E-state index contributed by atoms with van der Waals surface area (Å²) in [5.41, 5.74) is 3.77. The third-order valence-electron chi connectivity index (χ3n) is 3.18. The molecular weight excluding hydrogens is 284 g/mol. The lowest BCUT2D eigenvalue weighted by Crippen LogP contribution is -2.19. The molecule has 0 aliphatic rings. The van der Waals surface area contributed by atoms with Crippen LogP contribution in [0.3, 0.4) is 0 Å².